The van der Waals surface area contributed by atoms with E-state index in [1.54, 1.807) is 32.3 Å². The fraction of sp³-hybridized carbons (Fsp3) is 0.429. The number of hydrogen-bond donors (Lipinski definition) is 2. The SMILES string of the molecule is CCCNC(=O)CNc1cc(Cl)ccc1C(=O)N(C)C. The molecule has 0 radical (unpaired) electrons. The van der Waals surface area contributed by atoms with Gasteiger partial charge in [-0.25, -0.2) is 0 Å². The highest BCUT2D eigenvalue weighted by Gasteiger charge is 2.14. The number of carbonyl (C=O) groups is 2. The van der Waals surface area contributed by atoms with Crippen molar-refractivity contribution in [3.8, 4) is 0 Å². The molecular formula is C14H20ClN3O2. The Balaban J connectivity index is 2.80. The summed E-state index contributed by atoms with van der Waals surface area (Å²) in [5.74, 6) is -0.256. The molecule has 0 bridgehead atoms. The number of nitrogens with one attached hydrogen (secondary N) is 2. The minimum Gasteiger partial charge on any atom is -0.375 e. The first kappa shape index (κ1) is 16.3. The van der Waals surface area contributed by atoms with Gasteiger partial charge in [0.15, 0.2) is 0 Å². The van der Waals surface area contributed by atoms with E-state index in [0.717, 1.165) is 6.42 Å². The monoisotopic (exact) mass is 297 g/mol. The number of anilines is 1. The molecule has 5 nitrogen and oxygen atoms in total. The second-order valence-electron chi connectivity index (χ2n) is 4.59. The first-order valence-electron chi connectivity index (χ1n) is 6.47. The molecule has 0 atom stereocenters. The number of rotatable bonds is 6. The Kier molecular flexibility index (Phi) is 6.31. The molecule has 0 fully saturated rings. The summed E-state index contributed by atoms with van der Waals surface area (Å²) in [4.78, 5) is 25.1. The van der Waals surface area contributed by atoms with Crippen LogP contribution >= 0.6 is 11.6 Å². The average molecular weight is 298 g/mol. The molecule has 0 aromatic heterocycles. The summed E-state index contributed by atoms with van der Waals surface area (Å²) in [6.45, 7) is 2.73. The zero-order chi connectivity index (χ0) is 15.1. The van der Waals surface area contributed by atoms with Crippen molar-refractivity contribution >= 4 is 29.1 Å². The second-order valence-corrected chi connectivity index (χ2v) is 5.03. The molecule has 0 unspecified atom stereocenters. The highest BCUT2D eigenvalue weighted by atomic mass is 35.5. The fourth-order valence-corrected chi connectivity index (χ4v) is 1.76. The summed E-state index contributed by atoms with van der Waals surface area (Å²) in [5, 5.41) is 6.22. The van der Waals surface area contributed by atoms with Crippen LogP contribution < -0.4 is 10.6 Å². The molecule has 2 N–H and O–H groups in total. The van der Waals surface area contributed by atoms with Crippen LogP contribution in [0, 0.1) is 0 Å². The van der Waals surface area contributed by atoms with Gasteiger partial charge in [0.1, 0.15) is 0 Å². The summed E-state index contributed by atoms with van der Waals surface area (Å²) < 4.78 is 0. The molecule has 0 heterocycles. The van der Waals surface area contributed by atoms with Gasteiger partial charge in [-0.3, -0.25) is 9.59 Å². The maximum absolute atomic E-state index is 12.0. The molecule has 0 spiro atoms. The number of nitrogens with zero attached hydrogens (tertiary/aromatic N) is 1. The lowest BCUT2D eigenvalue weighted by Gasteiger charge is -2.15. The summed E-state index contributed by atoms with van der Waals surface area (Å²) in [7, 11) is 3.35. The van der Waals surface area contributed by atoms with E-state index in [0.29, 0.717) is 22.8 Å². The first-order valence-corrected chi connectivity index (χ1v) is 6.85. The average Bonchev–Trinajstić information content (AvgIpc) is 2.42. The van der Waals surface area contributed by atoms with Gasteiger partial charge in [0.2, 0.25) is 5.91 Å². The number of hydrogen-bond acceptors (Lipinski definition) is 3. The Labute approximate surface area is 124 Å². The summed E-state index contributed by atoms with van der Waals surface area (Å²) in [5.41, 5.74) is 1.05. The fourth-order valence-electron chi connectivity index (χ4n) is 1.59. The molecule has 110 valence electrons. The topological polar surface area (TPSA) is 61.4 Å². The van der Waals surface area contributed by atoms with Gasteiger partial charge in [0, 0.05) is 31.4 Å². The Bertz CT molecular complexity index is 489. The molecule has 0 saturated carbocycles. The number of benzene rings is 1. The minimum absolute atomic E-state index is 0.105. The molecule has 0 saturated heterocycles. The Morgan fingerprint density at radius 1 is 1.30 bits per heavy atom. The molecule has 6 heteroatoms. The zero-order valence-corrected chi connectivity index (χ0v) is 12.8. The van der Waals surface area contributed by atoms with E-state index < -0.39 is 0 Å². The van der Waals surface area contributed by atoms with E-state index in [-0.39, 0.29) is 18.4 Å². The highest BCUT2D eigenvalue weighted by Crippen LogP contribution is 2.21. The summed E-state index contributed by atoms with van der Waals surface area (Å²) in [6, 6.07) is 4.95. The normalized spacial score (nSPS) is 10.0. The molecule has 2 amide bonds. The maximum atomic E-state index is 12.0. The van der Waals surface area contributed by atoms with Gasteiger partial charge in [-0.05, 0) is 24.6 Å². The van der Waals surface area contributed by atoms with Gasteiger partial charge in [-0.2, -0.15) is 0 Å². The van der Waals surface area contributed by atoms with Crippen molar-refractivity contribution in [2.24, 2.45) is 0 Å². The number of halogens is 1. The van der Waals surface area contributed by atoms with E-state index in [9.17, 15) is 9.59 Å². The van der Waals surface area contributed by atoms with Crippen molar-refractivity contribution in [3.63, 3.8) is 0 Å². The van der Waals surface area contributed by atoms with Crippen molar-refractivity contribution in [2.45, 2.75) is 13.3 Å². The maximum Gasteiger partial charge on any atom is 0.255 e. The van der Waals surface area contributed by atoms with E-state index in [1.165, 1.54) is 4.90 Å². The predicted molar refractivity (Wildman–Crippen MR) is 81.3 cm³/mol. The minimum atomic E-state index is -0.141. The third-order valence-electron chi connectivity index (χ3n) is 2.63. The van der Waals surface area contributed by atoms with Crippen LogP contribution in [-0.4, -0.2) is 43.9 Å². The van der Waals surface area contributed by atoms with Gasteiger partial charge in [0.25, 0.3) is 5.91 Å². The van der Waals surface area contributed by atoms with Crippen LogP contribution in [0.1, 0.15) is 23.7 Å². The molecule has 0 aliphatic rings. The van der Waals surface area contributed by atoms with E-state index >= 15 is 0 Å². The third kappa shape index (κ3) is 4.74. The van der Waals surface area contributed by atoms with Crippen LogP contribution in [0.5, 0.6) is 0 Å². The Morgan fingerprint density at radius 3 is 2.60 bits per heavy atom. The lowest BCUT2D eigenvalue weighted by molar-refractivity contribution is -0.119. The highest BCUT2D eigenvalue weighted by molar-refractivity contribution is 6.31. The molecule has 20 heavy (non-hydrogen) atoms. The van der Waals surface area contributed by atoms with Crippen molar-refractivity contribution in [2.75, 3.05) is 32.5 Å². The van der Waals surface area contributed by atoms with Crippen LogP contribution in [0.25, 0.3) is 0 Å². The van der Waals surface area contributed by atoms with Gasteiger partial charge in [-0.1, -0.05) is 18.5 Å². The van der Waals surface area contributed by atoms with Crippen LogP contribution in [0.4, 0.5) is 5.69 Å². The number of carbonyl (C=O) groups excluding carboxylic acids is 2. The van der Waals surface area contributed by atoms with Crippen LogP contribution in [0.3, 0.4) is 0 Å². The van der Waals surface area contributed by atoms with Gasteiger partial charge >= 0.3 is 0 Å². The van der Waals surface area contributed by atoms with Crippen LogP contribution in [0.2, 0.25) is 5.02 Å². The van der Waals surface area contributed by atoms with Gasteiger partial charge in [0.05, 0.1) is 12.1 Å². The summed E-state index contributed by atoms with van der Waals surface area (Å²) >= 11 is 5.93. The van der Waals surface area contributed by atoms with Crippen molar-refractivity contribution in [3.05, 3.63) is 28.8 Å². The Hall–Kier alpha value is -1.75. The molecular weight excluding hydrogens is 278 g/mol. The predicted octanol–water partition coefficient (Wildman–Crippen LogP) is 1.98. The van der Waals surface area contributed by atoms with Crippen molar-refractivity contribution in [1.82, 2.24) is 10.2 Å². The van der Waals surface area contributed by atoms with Gasteiger partial charge in [-0.15, -0.1) is 0 Å². The van der Waals surface area contributed by atoms with E-state index in [4.69, 9.17) is 11.6 Å². The number of amides is 2. The van der Waals surface area contributed by atoms with Crippen molar-refractivity contribution < 1.29 is 9.59 Å². The lowest BCUT2D eigenvalue weighted by atomic mass is 10.1. The van der Waals surface area contributed by atoms with Gasteiger partial charge < -0.3 is 15.5 Å². The smallest absolute Gasteiger partial charge is 0.255 e. The molecule has 0 aliphatic carbocycles. The third-order valence-corrected chi connectivity index (χ3v) is 2.86. The first-order chi connectivity index (χ1) is 9.45. The van der Waals surface area contributed by atoms with Crippen LogP contribution in [0.15, 0.2) is 18.2 Å². The summed E-state index contributed by atoms with van der Waals surface area (Å²) in [6.07, 6.45) is 0.882. The largest absolute Gasteiger partial charge is 0.375 e. The Morgan fingerprint density at radius 2 is 2.00 bits per heavy atom. The van der Waals surface area contributed by atoms with Crippen LogP contribution in [-0.2, 0) is 4.79 Å². The molecule has 0 aliphatic heterocycles. The lowest BCUT2D eigenvalue weighted by Crippen LogP contribution is -2.31. The molecule has 1 rings (SSSR count). The second kappa shape index (κ2) is 7.75. The van der Waals surface area contributed by atoms with E-state index in [2.05, 4.69) is 10.6 Å². The standard InChI is InChI=1S/C14H20ClN3O2/c1-4-7-16-13(19)9-17-12-8-10(15)5-6-11(12)14(20)18(2)3/h5-6,8,17H,4,7,9H2,1-3H3,(H,16,19). The van der Waals surface area contributed by atoms with E-state index in [1.807, 2.05) is 6.92 Å². The zero-order valence-electron chi connectivity index (χ0n) is 12.0. The van der Waals surface area contributed by atoms with Crippen molar-refractivity contribution in [1.29, 1.82) is 0 Å². The quantitative estimate of drug-likeness (QED) is 0.844. The molecule has 1 aromatic carbocycles. The molecule has 1 aromatic rings.